The Morgan fingerprint density at radius 3 is 2.51 bits per heavy atom. The zero-order valence-electron chi connectivity index (χ0n) is 19.5. The van der Waals surface area contributed by atoms with Crippen LogP contribution in [0.2, 0.25) is 0 Å². The van der Waals surface area contributed by atoms with Gasteiger partial charge in [-0.25, -0.2) is 0 Å². The van der Waals surface area contributed by atoms with Crippen molar-refractivity contribution in [1.29, 1.82) is 0 Å². The Labute approximate surface area is 202 Å². The number of aliphatic hydroxyl groups excluding tert-OH is 2. The van der Waals surface area contributed by atoms with Gasteiger partial charge in [0.05, 0.1) is 11.7 Å². The van der Waals surface area contributed by atoms with Gasteiger partial charge in [0, 0.05) is 23.2 Å². The number of carbonyl (C=O) groups is 3. The first-order valence-corrected chi connectivity index (χ1v) is 12.1. The lowest BCUT2D eigenvalue weighted by molar-refractivity contribution is -0.174. The second-order valence-electron chi connectivity index (χ2n) is 10.4. The van der Waals surface area contributed by atoms with Crippen LogP contribution in [0.5, 0.6) is 5.75 Å². The molecule has 1 amide bonds. The highest BCUT2D eigenvalue weighted by molar-refractivity contribution is 6.24. The number of phenols is 1. The lowest BCUT2D eigenvalue weighted by atomic mass is 9.56. The molecule has 0 radical (unpaired) electrons. The monoisotopic (exact) mass is 485 g/mol. The molecule has 188 valence electrons. The standard InChI is InChI=1S/C25H31N3O7/c1-28-6-4-13(5-7-28)27-15-2-3-16(29)19-14(15)9-11-8-12-10-17(30)20(24(26)34)23(33)25(12,35)22(32)18(11)21(19)31/h2-3,11-13,17,20,27,29-31,35H,4-10H2,1H3,(H2,26,34)/t11-,12+,17?,20?,25+/m1/s1. The predicted octanol–water partition coefficient (Wildman–Crippen LogP) is 0.0950. The van der Waals surface area contributed by atoms with Crippen LogP contribution >= 0.6 is 0 Å². The van der Waals surface area contributed by atoms with Gasteiger partial charge in [0.15, 0.2) is 11.4 Å². The minimum Gasteiger partial charge on any atom is -0.507 e. The number of carbonyl (C=O) groups excluding carboxylic acids is 3. The van der Waals surface area contributed by atoms with E-state index in [1.54, 1.807) is 6.07 Å². The Morgan fingerprint density at radius 1 is 1.17 bits per heavy atom. The maximum atomic E-state index is 13.5. The number of fused-ring (bicyclic) bond motifs is 3. The number of hydrogen-bond donors (Lipinski definition) is 6. The Hall–Kier alpha value is -2.95. The van der Waals surface area contributed by atoms with Crippen molar-refractivity contribution >= 4 is 28.9 Å². The van der Waals surface area contributed by atoms with Crippen LogP contribution in [-0.2, 0) is 20.8 Å². The van der Waals surface area contributed by atoms with Crippen molar-refractivity contribution in [3.8, 4) is 5.75 Å². The van der Waals surface area contributed by atoms with Gasteiger partial charge < -0.3 is 36.4 Å². The van der Waals surface area contributed by atoms with Crippen LogP contribution in [0.15, 0.2) is 17.7 Å². The third-order valence-electron chi connectivity index (χ3n) is 8.35. The second-order valence-corrected chi connectivity index (χ2v) is 10.4. The summed E-state index contributed by atoms with van der Waals surface area (Å²) in [4.78, 5) is 40.6. The number of ketones is 2. The van der Waals surface area contributed by atoms with E-state index in [1.165, 1.54) is 6.07 Å². The molecule has 2 unspecified atom stereocenters. The van der Waals surface area contributed by atoms with Crippen molar-refractivity contribution in [2.45, 2.75) is 49.9 Å². The summed E-state index contributed by atoms with van der Waals surface area (Å²) < 4.78 is 0. The number of primary amides is 1. The zero-order chi connectivity index (χ0) is 25.2. The second kappa shape index (κ2) is 8.32. The molecule has 3 fully saturated rings. The number of likely N-dealkylation sites (tertiary alicyclic amines) is 1. The normalized spacial score (nSPS) is 33.7. The summed E-state index contributed by atoms with van der Waals surface area (Å²) in [5, 5.41) is 47.0. The van der Waals surface area contributed by atoms with Gasteiger partial charge in [-0.15, -0.1) is 0 Å². The Bertz CT molecular complexity index is 1140. The minimum atomic E-state index is -2.56. The summed E-state index contributed by atoms with van der Waals surface area (Å²) in [5.74, 6) is -7.05. The maximum absolute atomic E-state index is 13.5. The highest BCUT2D eigenvalue weighted by Gasteiger charge is 2.64. The van der Waals surface area contributed by atoms with Crippen molar-refractivity contribution in [2.75, 3.05) is 25.5 Å². The summed E-state index contributed by atoms with van der Waals surface area (Å²) >= 11 is 0. The number of anilines is 1. The first kappa shape index (κ1) is 23.8. The molecule has 1 aliphatic heterocycles. The van der Waals surface area contributed by atoms with Gasteiger partial charge in [-0.2, -0.15) is 0 Å². The van der Waals surface area contributed by atoms with Crippen LogP contribution in [0, 0.1) is 17.8 Å². The number of nitrogens with two attached hydrogens (primary N) is 1. The summed E-state index contributed by atoms with van der Waals surface area (Å²) in [5.41, 5.74) is 4.13. The average molecular weight is 486 g/mol. The topological polar surface area (TPSA) is 173 Å². The summed E-state index contributed by atoms with van der Waals surface area (Å²) in [7, 11) is 2.07. The van der Waals surface area contributed by atoms with Gasteiger partial charge in [-0.3, -0.25) is 14.4 Å². The largest absolute Gasteiger partial charge is 0.507 e. The fraction of sp³-hybridized carbons (Fsp3) is 0.560. The molecule has 35 heavy (non-hydrogen) atoms. The van der Waals surface area contributed by atoms with Gasteiger partial charge in [-0.1, -0.05) is 0 Å². The molecule has 0 bridgehead atoms. The molecule has 10 heteroatoms. The first-order valence-electron chi connectivity index (χ1n) is 12.1. The van der Waals surface area contributed by atoms with Crippen LogP contribution in [0.1, 0.15) is 36.8 Å². The van der Waals surface area contributed by atoms with E-state index in [4.69, 9.17) is 5.73 Å². The van der Waals surface area contributed by atoms with E-state index in [0.717, 1.165) is 31.6 Å². The molecular weight excluding hydrogens is 454 g/mol. The van der Waals surface area contributed by atoms with Crippen molar-refractivity contribution in [3.05, 3.63) is 28.8 Å². The van der Waals surface area contributed by atoms with Crippen LogP contribution < -0.4 is 11.1 Å². The fourth-order valence-electron chi connectivity index (χ4n) is 6.43. The molecule has 0 spiro atoms. The molecule has 1 aromatic rings. The number of hydrogen-bond acceptors (Lipinski definition) is 9. The Morgan fingerprint density at radius 2 is 1.86 bits per heavy atom. The number of Topliss-reactive ketones (excluding diaryl/α,β-unsaturated/α-hetero) is 2. The molecular formula is C25H31N3O7. The lowest BCUT2D eigenvalue weighted by Gasteiger charge is -2.48. The van der Waals surface area contributed by atoms with Crippen molar-refractivity contribution in [2.24, 2.45) is 23.5 Å². The van der Waals surface area contributed by atoms with Crippen LogP contribution in [0.3, 0.4) is 0 Å². The van der Waals surface area contributed by atoms with Gasteiger partial charge in [0.1, 0.15) is 17.4 Å². The summed E-state index contributed by atoms with van der Waals surface area (Å²) in [6, 6.07) is 3.43. The van der Waals surface area contributed by atoms with E-state index in [1.807, 2.05) is 0 Å². The molecule has 0 aromatic heterocycles. The Balaban J connectivity index is 1.55. The van der Waals surface area contributed by atoms with E-state index in [9.17, 15) is 34.8 Å². The number of nitrogens with zero attached hydrogens (tertiary/aromatic N) is 1. The SMILES string of the molecule is CN1CCC(Nc2ccc(O)c3c2C[C@H]2C[C@H]4CC(O)C(C(N)=O)C(=O)[C@@]4(O)C(=O)C2=C3O)CC1. The van der Waals surface area contributed by atoms with Crippen LogP contribution in [0.4, 0.5) is 5.69 Å². The van der Waals surface area contributed by atoms with E-state index < -0.39 is 52.7 Å². The summed E-state index contributed by atoms with van der Waals surface area (Å²) in [6.45, 7) is 1.90. The zero-order valence-corrected chi connectivity index (χ0v) is 19.5. The maximum Gasteiger partial charge on any atom is 0.230 e. The first-order chi connectivity index (χ1) is 16.5. The number of aliphatic hydroxyl groups is 3. The van der Waals surface area contributed by atoms with Crippen molar-refractivity contribution in [3.63, 3.8) is 0 Å². The van der Waals surface area contributed by atoms with Gasteiger partial charge in [0.25, 0.3) is 0 Å². The Kier molecular flexibility index (Phi) is 5.65. The molecule has 1 saturated heterocycles. The van der Waals surface area contributed by atoms with Crippen molar-refractivity contribution in [1.82, 2.24) is 4.90 Å². The highest BCUT2D eigenvalue weighted by atomic mass is 16.3. The molecule has 5 rings (SSSR count). The molecule has 3 aliphatic carbocycles. The third-order valence-corrected chi connectivity index (χ3v) is 8.35. The van der Waals surface area contributed by atoms with E-state index >= 15 is 0 Å². The third kappa shape index (κ3) is 3.54. The van der Waals surface area contributed by atoms with Crippen LogP contribution in [-0.4, -0.2) is 80.7 Å². The molecule has 4 aliphatic rings. The number of amides is 1. The fourth-order valence-corrected chi connectivity index (χ4v) is 6.43. The number of piperidine rings is 1. The van der Waals surface area contributed by atoms with Crippen molar-refractivity contribution < 1.29 is 34.8 Å². The van der Waals surface area contributed by atoms with E-state index in [-0.39, 0.29) is 35.8 Å². The number of rotatable bonds is 3. The molecule has 2 saturated carbocycles. The van der Waals surface area contributed by atoms with Gasteiger partial charge in [-0.05, 0) is 75.9 Å². The average Bonchev–Trinajstić information content (AvgIpc) is 2.79. The van der Waals surface area contributed by atoms with Gasteiger partial charge in [0.2, 0.25) is 11.7 Å². The smallest absolute Gasteiger partial charge is 0.230 e. The number of phenolic OH excluding ortho intramolecular Hbond substituents is 1. The highest BCUT2D eigenvalue weighted by Crippen LogP contribution is 2.52. The minimum absolute atomic E-state index is 0.110. The van der Waals surface area contributed by atoms with E-state index in [2.05, 4.69) is 17.3 Å². The molecule has 10 nitrogen and oxygen atoms in total. The molecule has 1 heterocycles. The van der Waals surface area contributed by atoms with Gasteiger partial charge >= 0.3 is 0 Å². The molecule has 5 atom stereocenters. The summed E-state index contributed by atoms with van der Waals surface area (Å²) in [6.07, 6.45) is 0.811. The lowest BCUT2D eigenvalue weighted by Crippen LogP contribution is -2.66. The molecule has 1 aromatic carbocycles. The quantitative estimate of drug-likeness (QED) is 0.256. The van der Waals surface area contributed by atoms with E-state index in [0.29, 0.717) is 12.0 Å². The predicted molar refractivity (Wildman–Crippen MR) is 125 cm³/mol. The number of benzene rings is 1. The number of aromatic hydroxyl groups is 1. The van der Waals surface area contributed by atoms with Crippen LogP contribution in [0.25, 0.3) is 5.76 Å². The number of nitrogens with one attached hydrogen (secondary N) is 1. The molecule has 7 N–H and O–H groups in total.